The van der Waals surface area contributed by atoms with Gasteiger partial charge in [-0.25, -0.2) is 4.98 Å². The van der Waals surface area contributed by atoms with Gasteiger partial charge in [-0.15, -0.1) is 0 Å². The van der Waals surface area contributed by atoms with Crippen LogP contribution < -0.4 is 15.4 Å². The molecule has 1 aromatic heterocycles. The zero-order valence-electron chi connectivity index (χ0n) is 13.6. The molecular weight excluding hydrogens is 363 g/mol. The fraction of sp³-hybridized carbons (Fsp3) is 0.600. The molecule has 0 unspecified atom stereocenters. The Balaban J connectivity index is 1.84. The van der Waals surface area contributed by atoms with E-state index in [4.69, 9.17) is 21.1 Å². The molecule has 6 nitrogen and oxygen atoms in total. The number of amides is 1. The van der Waals surface area contributed by atoms with Crippen molar-refractivity contribution in [3.05, 3.63) is 22.8 Å². The van der Waals surface area contributed by atoms with E-state index in [0.717, 1.165) is 6.07 Å². The number of ether oxygens (including phenoxy) is 2. The van der Waals surface area contributed by atoms with Crippen LogP contribution in [0.15, 0.2) is 12.3 Å². The van der Waals surface area contributed by atoms with Crippen molar-refractivity contribution in [1.82, 2.24) is 15.6 Å². The molecule has 0 atom stereocenters. The standard InChI is InChI=1S/C15H19ClF3N3O3/c1-24-14(2-4-20-5-3-14)13(23)21-6-7-25-12-11(16)8-10(9-22-12)15(17,18)19/h8-9,20H,2-7H2,1H3,(H,21,23). The molecule has 0 aliphatic carbocycles. The Morgan fingerprint density at radius 3 is 2.68 bits per heavy atom. The van der Waals surface area contributed by atoms with E-state index in [1.807, 2.05) is 0 Å². The lowest BCUT2D eigenvalue weighted by Gasteiger charge is -2.34. The van der Waals surface area contributed by atoms with Gasteiger partial charge in [-0.2, -0.15) is 13.2 Å². The SMILES string of the molecule is COC1(C(=O)NCCOc2ncc(C(F)(F)F)cc2Cl)CCNCC1. The van der Waals surface area contributed by atoms with Crippen LogP contribution in [0, 0.1) is 0 Å². The average molecular weight is 382 g/mol. The highest BCUT2D eigenvalue weighted by Crippen LogP contribution is 2.33. The fourth-order valence-corrected chi connectivity index (χ4v) is 2.74. The monoisotopic (exact) mass is 381 g/mol. The van der Waals surface area contributed by atoms with Crippen molar-refractivity contribution in [2.24, 2.45) is 0 Å². The summed E-state index contributed by atoms with van der Waals surface area (Å²) in [5.41, 5.74) is -1.82. The molecule has 1 aliphatic rings. The van der Waals surface area contributed by atoms with E-state index < -0.39 is 17.3 Å². The Bertz CT molecular complexity index is 607. The smallest absolute Gasteiger partial charge is 0.417 e. The number of halogens is 4. The number of hydrogen-bond acceptors (Lipinski definition) is 5. The maximum atomic E-state index is 12.5. The molecule has 0 bridgehead atoms. The number of carbonyl (C=O) groups is 1. The van der Waals surface area contributed by atoms with Crippen LogP contribution in [0.2, 0.25) is 5.02 Å². The van der Waals surface area contributed by atoms with Crippen molar-refractivity contribution in [3.63, 3.8) is 0 Å². The Hall–Kier alpha value is -1.58. The van der Waals surface area contributed by atoms with Gasteiger partial charge >= 0.3 is 6.18 Å². The second kappa shape index (κ2) is 8.20. The molecule has 2 rings (SSSR count). The number of nitrogens with zero attached hydrogens (tertiary/aromatic N) is 1. The topological polar surface area (TPSA) is 72.5 Å². The van der Waals surface area contributed by atoms with Gasteiger partial charge in [0.25, 0.3) is 5.91 Å². The number of rotatable bonds is 6. The van der Waals surface area contributed by atoms with Gasteiger partial charge in [-0.05, 0) is 32.0 Å². The van der Waals surface area contributed by atoms with Crippen LogP contribution in [0.4, 0.5) is 13.2 Å². The summed E-state index contributed by atoms with van der Waals surface area (Å²) < 4.78 is 48.2. The Morgan fingerprint density at radius 1 is 1.44 bits per heavy atom. The van der Waals surface area contributed by atoms with Crippen LogP contribution in [-0.2, 0) is 15.7 Å². The second-order valence-electron chi connectivity index (χ2n) is 5.56. The molecule has 0 aromatic carbocycles. The van der Waals surface area contributed by atoms with Crippen molar-refractivity contribution < 1.29 is 27.4 Å². The van der Waals surface area contributed by atoms with Gasteiger partial charge in [0.1, 0.15) is 17.2 Å². The van der Waals surface area contributed by atoms with E-state index in [2.05, 4.69) is 15.6 Å². The Kier molecular flexibility index (Phi) is 6.47. The first-order valence-electron chi connectivity index (χ1n) is 7.68. The highest BCUT2D eigenvalue weighted by Gasteiger charge is 2.39. The molecule has 10 heteroatoms. The Labute approximate surface area is 148 Å². The van der Waals surface area contributed by atoms with Crippen LogP contribution in [-0.4, -0.2) is 49.8 Å². The summed E-state index contributed by atoms with van der Waals surface area (Å²) in [6.45, 7) is 1.53. The first kappa shape index (κ1) is 19.7. The van der Waals surface area contributed by atoms with Crippen LogP contribution in [0.3, 0.4) is 0 Å². The zero-order valence-corrected chi connectivity index (χ0v) is 14.3. The van der Waals surface area contributed by atoms with Gasteiger partial charge in [0, 0.05) is 13.3 Å². The fourth-order valence-electron chi connectivity index (χ4n) is 2.51. The third-order valence-corrected chi connectivity index (χ3v) is 4.25. The third kappa shape index (κ3) is 4.96. The normalized spacial score (nSPS) is 17.2. The van der Waals surface area contributed by atoms with E-state index in [9.17, 15) is 18.0 Å². The molecule has 1 amide bonds. The molecule has 0 spiro atoms. The van der Waals surface area contributed by atoms with Gasteiger partial charge in [0.15, 0.2) is 0 Å². The number of nitrogens with one attached hydrogen (secondary N) is 2. The third-order valence-electron chi connectivity index (χ3n) is 3.98. The molecule has 1 saturated heterocycles. The van der Waals surface area contributed by atoms with Gasteiger partial charge in [-0.3, -0.25) is 4.79 Å². The average Bonchev–Trinajstić information content (AvgIpc) is 2.59. The molecule has 0 saturated carbocycles. The molecule has 25 heavy (non-hydrogen) atoms. The lowest BCUT2D eigenvalue weighted by atomic mass is 9.91. The summed E-state index contributed by atoms with van der Waals surface area (Å²) in [5, 5.41) is 5.61. The maximum Gasteiger partial charge on any atom is 0.417 e. The minimum Gasteiger partial charge on any atom is -0.475 e. The van der Waals surface area contributed by atoms with E-state index in [0.29, 0.717) is 32.1 Å². The number of aromatic nitrogens is 1. The zero-order chi connectivity index (χ0) is 18.5. The largest absolute Gasteiger partial charge is 0.475 e. The van der Waals surface area contributed by atoms with Crippen LogP contribution >= 0.6 is 11.6 Å². The van der Waals surface area contributed by atoms with Crippen molar-refractivity contribution in [2.45, 2.75) is 24.6 Å². The highest BCUT2D eigenvalue weighted by atomic mass is 35.5. The number of alkyl halides is 3. The quantitative estimate of drug-likeness (QED) is 0.738. The number of pyridine rings is 1. The first-order valence-corrected chi connectivity index (χ1v) is 8.06. The Morgan fingerprint density at radius 2 is 2.12 bits per heavy atom. The van der Waals surface area contributed by atoms with Gasteiger partial charge in [-0.1, -0.05) is 11.6 Å². The van der Waals surface area contributed by atoms with E-state index in [1.54, 1.807) is 0 Å². The molecule has 1 aromatic rings. The summed E-state index contributed by atoms with van der Waals surface area (Å²) in [6.07, 6.45) is -2.76. The summed E-state index contributed by atoms with van der Waals surface area (Å²) >= 11 is 5.74. The molecule has 2 N–H and O–H groups in total. The molecule has 1 aliphatic heterocycles. The minimum absolute atomic E-state index is 0.0157. The number of hydrogen-bond donors (Lipinski definition) is 2. The predicted molar refractivity (Wildman–Crippen MR) is 84.6 cm³/mol. The van der Waals surface area contributed by atoms with Gasteiger partial charge in [0.2, 0.25) is 5.88 Å². The van der Waals surface area contributed by atoms with Crippen LogP contribution in [0.1, 0.15) is 18.4 Å². The van der Waals surface area contributed by atoms with Crippen molar-refractivity contribution in [1.29, 1.82) is 0 Å². The first-order chi connectivity index (χ1) is 11.8. The highest BCUT2D eigenvalue weighted by molar-refractivity contribution is 6.31. The summed E-state index contributed by atoms with van der Waals surface area (Å²) in [5.74, 6) is -0.362. The molecule has 1 fully saturated rings. The lowest BCUT2D eigenvalue weighted by Crippen LogP contribution is -2.54. The molecule has 0 radical (unpaired) electrons. The molecule has 2 heterocycles. The van der Waals surface area contributed by atoms with E-state index in [1.165, 1.54) is 7.11 Å². The van der Waals surface area contributed by atoms with Crippen molar-refractivity contribution in [3.8, 4) is 5.88 Å². The van der Waals surface area contributed by atoms with E-state index >= 15 is 0 Å². The minimum atomic E-state index is -4.52. The van der Waals surface area contributed by atoms with Gasteiger partial charge < -0.3 is 20.1 Å². The van der Waals surface area contributed by atoms with E-state index in [-0.39, 0.29) is 30.0 Å². The molecular formula is C15H19ClF3N3O3. The summed E-state index contributed by atoms with van der Waals surface area (Å²) in [4.78, 5) is 15.9. The summed E-state index contributed by atoms with van der Waals surface area (Å²) in [6, 6.07) is 0.747. The summed E-state index contributed by atoms with van der Waals surface area (Å²) in [7, 11) is 1.49. The van der Waals surface area contributed by atoms with Crippen molar-refractivity contribution in [2.75, 3.05) is 33.4 Å². The maximum absolute atomic E-state index is 12.5. The van der Waals surface area contributed by atoms with Crippen LogP contribution in [0.5, 0.6) is 5.88 Å². The van der Waals surface area contributed by atoms with Crippen molar-refractivity contribution >= 4 is 17.5 Å². The predicted octanol–water partition coefficient (Wildman–Crippen LogP) is 2.02. The number of methoxy groups -OCH3 is 1. The number of piperidine rings is 1. The lowest BCUT2D eigenvalue weighted by molar-refractivity contribution is -0.146. The second-order valence-corrected chi connectivity index (χ2v) is 5.97. The number of carbonyl (C=O) groups excluding carboxylic acids is 1. The molecule has 140 valence electrons. The van der Waals surface area contributed by atoms with Crippen LogP contribution in [0.25, 0.3) is 0 Å². The van der Waals surface area contributed by atoms with Gasteiger partial charge in [0.05, 0.1) is 12.1 Å².